The van der Waals surface area contributed by atoms with Gasteiger partial charge in [0.2, 0.25) is 15.9 Å². The van der Waals surface area contributed by atoms with Gasteiger partial charge >= 0.3 is 0 Å². The highest BCUT2D eigenvalue weighted by Crippen LogP contribution is 2.34. The van der Waals surface area contributed by atoms with Crippen LogP contribution in [0.15, 0.2) is 12.1 Å². The Kier molecular flexibility index (Phi) is 4.92. The van der Waals surface area contributed by atoms with Crippen molar-refractivity contribution in [3.05, 3.63) is 23.3 Å². The molecule has 25 heavy (non-hydrogen) atoms. The largest absolute Gasteiger partial charge is 0.493 e. The Morgan fingerprint density at radius 3 is 2.36 bits per heavy atom. The van der Waals surface area contributed by atoms with Crippen molar-refractivity contribution in [1.29, 1.82) is 0 Å². The molecular weight excluding hydrogens is 344 g/mol. The Morgan fingerprint density at radius 2 is 1.76 bits per heavy atom. The second-order valence-electron chi connectivity index (χ2n) is 6.52. The maximum absolute atomic E-state index is 12.9. The third kappa shape index (κ3) is 3.46. The zero-order chi connectivity index (χ0) is 18.2. The van der Waals surface area contributed by atoms with E-state index in [-0.39, 0.29) is 5.91 Å². The monoisotopic (exact) mass is 368 g/mol. The number of rotatable bonds is 4. The van der Waals surface area contributed by atoms with E-state index < -0.39 is 16.1 Å². The summed E-state index contributed by atoms with van der Waals surface area (Å²) in [5, 5.41) is 0. The van der Waals surface area contributed by atoms with Gasteiger partial charge in [-0.15, -0.1) is 0 Å². The van der Waals surface area contributed by atoms with Crippen LogP contribution in [0, 0.1) is 0 Å². The van der Waals surface area contributed by atoms with E-state index in [1.54, 1.807) is 19.1 Å². The summed E-state index contributed by atoms with van der Waals surface area (Å²) in [5.41, 5.74) is 2.15. The lowest BCUT2D eigenvalue weighted by atomic mass is 9.98. The van der Waals surface area contributed by atoms with Crippen LogP contribution in [0.25, 0.3) is 0 Å². The van der Waals surface area contributed by atoms with E-state index in [9.17, 15) is 13.2 Å². The first-order valence-corrected chi connectivity index (χ1v) is 10.2. The lowest BCUT2D eigenvalue weighted by molar-refractivity contribution is -0.135. The Bertz CT molecular complexity index is 777. The molecule has 2 aliphatic rings. The fourth-order valence-electron chi connectivity index (χ4n) is 3.67. The second kappa shape index (κ2) is 6.84. The quantitative estimate of drug-likeness (QED) is 0.793. The standard InChI is InChI=1S/C17H24N2O5S/c1-23-15-9-12-6-8-18(11-13(12)10-16(15)24-2)17(20)14-5-4-7-19(14)25(3,21)22/h9-10,14H,4-8,11H2,1-3H3/t14-/m0/s1. The van der Waals surface area contributed by atoms with Gasteiger partial charge < -0.3 is 14.4 Å². The van der Waals surface area contributed by atoms with Gasteiger partial charge in [0.1, 0.15) is 6.04 Å². The summed E-state index contributed by atoms with van der Waals surface area (Å²) in [6.45, 7) is 1.46. The summed E-state index contributed by atoms with van der Waals surface area (Å²) in [6, 6.07) is 3.28. The van der Waals surface area contributed by atoms with E-state index >= 15 is 0 Å². The van der Waals surface area contributed by atoms with E-state index in [0.29, 0.717) is 44.0 Å². The van der Waals surface area contributed by atoms with Crippen LogP contribution in [0.1, 0.15) is 24.0 Å². The molecule has 3 rings (SSSR count). The molecule has 2 heterocycles. The van der Waals surface area contributed by atoms with Gasteiger partial charge in [-0.2, -0.15) is 4.31 Å². The maximum atomic E-state index is 12.9. The summed E-state index contributed by atoms with van der Waals surface area (Å²) in [6.07, 6.45) is 3.19. The van der Waals surface area contributed by atoms with E-state index in [0.717, 1.165) is 17.5 Å². The van der Waals surface area contributed by atoms with Gasteiger partial charge in [0, 0.05) is 19.6 Å². The first-order chi connectivity index (χ1) is 11.8. The smallest absolute Gasteiger partial charge is 0.241 e. The summed E-state index contributed by atoms with van der Waals surface area (Å²) in [5.74, 6) is 1.21. The van der Waals surface area contributed by atoms with Gasteiger partial charge in [0.15, 0.2) is 11.5 Å². The molecule has 0 N–H and O–H groups in total. The predicted molar refractivity (Wildman–Crippen MR) is 93.2 cm³/mol. The molecule has 1 amide bonds. The van der Waals surface area contributed by atoms with Crippen molar-refractivity contribution in [2.24, 2.45) is 0 Å². The highest BCUT2D eigenvalue weighted by molar-refractivity contribution is 7.88. The Balaban J connectivity index is 1.81. The number of sulfonamides is 1. The molecule has 0 aliphatic carbocycles. The fourth-order valence-corrected chi connectivity index (χ4v) is 4.78. The van der Waals surface area contributed by atoms with Crippen LogP contribution in [-0.4, -0.2) is 63.1 Å². The maximum Gasteiger partial charge on any atom is 0.241 e. The van der Waals surface area contributed by atoms with Crippen molar-refractivity contribution in [2.75, 3.05) is 33.6 Å². The average molecular weight is 368 g/mol. The first kappa shape index (κ1) is 18.0. The fraction of sp³-hybridized carbons (Fsp3) is 0.588. The van der Waals surface area contributed by atoms with Gasteiger partial charge in [-0.05, 0) is 42.5 Å². The minimum atomic E-state index is -3.37. The molecule has 1 aromatic rings. The summed E-state index contributed by atoms with van der Waals surface area (Å²) >= 11 is 0. The molecule has 8 heteroatoms. The van der Waals surface area contributed by atoms with E-state index in [2.05, 4.69) is 0 Å². The highest BCUT2D eigenvalue weighted by atomic mass is 32.2. The summed E-state index contributed by atoms with van der Waals surface area (Å²) in [7, 11) is -0.184. The first-order valence-electron chi connectivity index (χ1n) is 8.34. The third-order valence-corrected chi connectivity index (χ3v) is 6.23. The topological polar surface area (TPSA) is 76.2 Å². The molecule has 0 aromatic heterocycles. The van der Waals surface area contributed by atoms with Crippen molar-refractivity contribution in [2.45, 2.75) is 31.8 Å². The number of ether oxygens (including phenoxy) is 2. The highest BCUT2D eigenvalue weighted by Gasteiger charge is 2.39. The number of carbonyl (C=O) groups is 1. The van der Waals surface area contributed by atoms with Crippen LogP contribution in [-0.2, 0) is 27.8 Å². The van der Waals surface area contributed by atoms with Crippen LogP contribution in [0.4, 0.5) is 0 Å². The van der Waals surface area contributed by atoms with Crippen molar-refractivity contribution in [3.8, 4) is 11.5 Å². The Hall–Kier alpha value is -1.80. The number of amides is 1. The van der Waals surface area contributed by atoms with Crippen molar-refractivity contribution >= 4 is 15.9 Å². The number of carbonyl (C=O) groups excluding carboxylic acids is 1. The summed E-state index contributed by atoms with van der Waals surface area (Å²) < 4.78 is 35.8. The Labute approximate surface area is 148 Å². The van der Waals surface area contributed by atoms with E-state index in [1.807, 2.05) is 12.1 Å². The van der Waals surface area contributed by atoms with Gasteiger partial charge in [-0.1, -0.05) is 0 Å². The molecule has 0 unspecified atom stereocenters. The van der Waals surface area contributed by atoms with Gasteiger partial charge in [-0.25, -0.2) is 8.42 Å². The molecular formula is C17H24N2O5S. The van der Waals surface area contributed by atoms with Crippen LogP contribution < -0.4 is 9.47 Å². The zero-order valence-electron chi connectivity index (χ0n) is 14.8. The minimum absolute atomic E-state index is 0.108. The predicted octanol–water partition coefficient (Wildman–Crippen LogP) is 1.01. The van der Waals surface area contributed by atoms with Crippen LogP contribution in [0.5, 0.6) is 11.5 Å². The van der Waals surface area contributed by atoms with Crippen molar-refractivity contribution < 1.29 is 22.7 Å². The van der Waals surface area contributed by atoms with Gasteiger partial charge in [0.25, 0.3) is 0 Å². The zero-order valence-corrected chi connectivity index (χ0v) is 15.6. The van der Waals surface area contributed by atoms with Gasteiger partial charge in [0.05, 0.1) is 20.5 Å². The molecule has 0 radical (unpaired) electrons. The van der Waals surface area contributed by atoms with Crippen molar-refractivity contribution in [3.63, 3.8) is 0 Å². The number of hydrogen-bond acceptors (Lipinski definition) is 5. The molecule has 0 spiro atoms. The lowest BCUT2D eigenvalue weighted by Gasteiger charge is -2.33. The molecule has 1 saturated heterocycles. The second-order valence-corrected chi connectivity index (χ2v) is 8.45. The minimum Gasteiger partial charge on any atom is -0.493 e. The number of fused-ring (bicyclic) bond motifs is 1. The number of benzene rings is 1. The molecule has 1 aromatic carbocycles. The normalized spacial score (nSPS) is 21.1. The summed E-state index contributed by atoms with van der Waals surface area (Å²) in [4.78, 5) is 14.7. The third-order valence-electron chi connectivity index (χ3n) is 4.94. The SMILES string of the molecule is COc1cc2c(cc1OC)CN(C(=O)[C@@H]1CCCN1S(C)(=O)=O)CC2. The van der Waals surface area contributed by atoms with E-state index in [1.165, 1.54) is 10.6 Å². The molecule has 0 bridgehead atoms. The van der Waals surface area contributed by atoms with Crippen LogP contribution >= 0.6 is 0 Å². The van der Waals surface area contributed by atoms with Crippen molar-refractivity contribution in [1.82, 2.24) is 9.21 Å². The lowest BCUT2D eigenvalue weighted by Crippen LogP contribution is -2.48. The number of nitrogens with zero attached hydrogens (tertiary/aromatic N) is 2. The number of methoxy groups -OCH3 is 2. The van der Waals surface area contributed by atoms with E-state index in [4.69, 9.17) is 9.47 Å². The molecule has 2 aliphatic heterocycles. The molecule has 0 saturated carbocycles. The molecule has 138 valence electrons. The molecule has 1 fully saturated rings. The number of hydrogen-bond donors (Lipinski definition) is 0. The van der Waals surface area contributed by atoms with Crippen LogP contribution in [0.3, 0.4) is 0 Å². The van der Waals surface area contributed by atoms with Gasteiger partial charge in [-0.3, -0.25) is 4.79 Å². The van der Waals surface area contributed by atoms with Crippen LogP contribution in [0.2, 0.25) is 0 Å². The molecule has 1 atom stereocenters. The molecule has 7 nitrogen and oxygen atoms in total. The average Bonchev–Trinajstić information content (AvgIpc) is 3.09. The Morgan fingerprint density at radius 1 is 1.12 bits per heavy atom.